The SMILES string of the molecule is CC1C(CBr)CCN1CC1CC(F)(F)C1. The molecule has 2 aliphatic rings. The van der Waals surface area contributed by atoms with Gasteiger partial charge >= 0.3 is 0 Å². The fraction of sp³-hybridized carbons (Fsp3) is 1.00. The van der Waals surface area contributed by atoms with Gasteiger partial charge in [0.25, 0.3) is 0 Å². The van der Waals surface area contributed by atoms with Crippen LogP contribution >= 0.6 is 15.9 Å². The lowest BCUT2D eigenvalue weighted by Gasteiger charge is -2.38. The molecule has 0 radical (unpaired) electrons. The summed E-state index contributed by atoms with van der Waals surface area (Å²) in [6.45, 7) is 4.18. The van der Waals surface area contributed by atoms with Crippen molar-refractivity contribution in [3.8, 4) is 0 Å². The summed E-state index contributed by atoms with van der Waals surface area (Å²) in [5.41, 5.74) is 0. The van der Waals surface area contributed by atoms with Crippen LogP contribution in [0.2, 0.25) is 0 Å². The molecule has 2 rings (SSSR count). The van der Waals surface area contributed by atoms with Gasteiger partial charge in [-0.2, -0.15) is 0 Å². The minimum Gasteiger partial charge on any atom is -0.300 e. The van der Waals surface area contributed by atoms with Gasteiger partial charge < -0.3 is 4.90 Å². The normalized spacial score (nSPS) is 36.8. The number of nitrogens with zero attached hydrogens (tertiary/aromatic N) is 1. The molecule has 0 spiro atoms. The second-order valence-electron chi connectivity index (χ2n) is 5.07. The Labute approximate surface area is 98.3 Å². The summed E-state index contributed by atoms with van der Waals surface area (Å²) in [6, 6.07) is 0.554. The van der Waals surface area contributed by atoms with Crippen molar-refractivity contribution in [1.29, 1.82) is 0 Å². The lowest BCUT2D eigenvalue weighted by Crippen LogP contribution is -2.44. The van der Waals surface area contributed by atoms with Crippen LogP contribution in [0.5, 0.6) is 0 Å². The fourth-order valence-corrected chi connectivity index (χ4v) is 3.65. The van der Waals surface area contributed by atoms with E-state index in [0.29, 0.717) is 12.0 Å². The molecule has 1 nitrogen and oxygen atoms in total. The lowest BCUT2D eigenvalue weighted by molar-refractivity contribution is -0.116. The predicted octanol–water partition coefficient (Wildman–Crippen LogP) is 3.14. The predicted molar refractivity (Wildman–Crippen MR) is 60.6 cm³/mol. The van der Waals surface area contributed by atoms with E-state index >= 15 is 0 Å². The third-order valence-corrected chi connectivity index (χ3v) is 4.74. The summed E-state index contributed by atoms with van der Waals surface area (Å²) in [5, 5.41) is 1.03. The number of halogens is 3. The third-order valence-electron chi connectivity index (χ3n) is 3.91. The zero-order valence-corrected chi connectivity index (χ0v) is 10.6. The van der Waals surface area contributed by atoms with E-state index in [9.17, 15) is 8.78 Å². The van der Waals surface area contributed by atoms with Crippen molar-refractivity contribution < 1.29 is 8.78 Å². The number of rotatable bonds is 3. The summed E-state index contributed by atoms with van der Waals surface area (Å²) in [4.78, 5) is 2.38. The molecule has 15 heavy (non-hydrogen) atoms. The summed E-state index contributed by atoms with van der Waals surface area (Å²) in [7, 11) is 0. The lowest BCUT2D eigenvalue weighted by atomic mass is 9.81. The highest BCUT2D eigenvalue weighted by molar-refractivity contribution is 9.09. The first-order valence-corrected chi connectivity index (χ1v) is 6.82. The van der Waals surface area contributed by atoms with Gasteiger partial charge in [-0.3, -0.25) is 0 Å². The highest BCUT2D eigenvalue weighted by Crippen LogP contribution is 2.43. The van der Waals surface area contributed by atoms with Crippen LogP contribution in [0.4, 0.5) is 8.78 Å². The molecule has 0 bridgehead atoms. The molecule has 2 unspecified atom stereocenters. The van der Waals surface area contributed by atoms with Crippen LogP contribution in [0, 0.1) is 11.8 Å². The summed E-state index contributed by atoms with van der Waals surface area (Å²) >= 11 is 3.51. The quantitative estimate of drug-likeness (QED) is 0.719. The van der Waals surface area contributed by atoms with Crippen LogP contribution in [-0.4, -0.2) is 35.3 Å². The van der Waals surface area contributed by atoms with Crippen LogP contribution in [-0.2, 0) is 0 Å². The van der Waals surface area contributed by atoms with E-state index in [4.69, 9.17) is 0 Å². The molecule has 2 atom stereocenters. The van der Waals surface area contributed by atoms with E-state index in [0.717, 1.165) is 18.4 Å². The largest absolute Gasteiger partial charge is 0.300 e. The Morgan fingerprint density at radius 3 is 2.53 bits per heavy atom. The molecule has 1 heterocycles. The molecule has 2 fully saturated rings. The maximum absolute atomic E-state index is 12.7. The van der Waals surface area contributed by atoms with E-state index in [1.54, 1.807) is 0 Å². The van der Waals surface area contributed by atoms with Gasteiger partial charge in [-0.15, -0.1) is 0 Å². The van der Waals surface area contributed by atoms with Crippen LogP contribution in [0.3, 0.4) is 0 Å². The molecule has 0 aromatic rings. The van der Waals surface area contributed by atoms with Crippen molar-refractivity contribution in [3.05, 3.63) is 0 Å². The van der Waals surface area contributed by atoms with E-state index in [1.807, 2.05) is 0 Å². The zero-order valence-electron chi connectivity index (χ0n) is 9.06. The number of likely N-dealkylation sites (tertiary alicyclic amines) is 1. The van der Waals surface area contributed by atoms with E-state index in [1.165, 1.54) is 6.42 Å². The molecular weight excluding hydrogens is 264 g/mol. The molecule has 1 aliphatic heterocycles. The Hall–Kier alpha value is 0.300. The first-order chi connectivity index (χ1) is 7.02. The Balaban J connectivity index is 1.77. The van der Waals surface area contributed by atoms with Gasteiger partial charge in [0.05, 0.1) is 0 Å². The summed E-state index contributed by atoms with van der Waals surface area (Å²) in [5.74, 6) is -1.43. The number of hydrogen-bond acceptors (Lipinski definition) is 1. The Morgan fingerprint density at radius 2 is 2.07 bits per heavy atom. The Kier molecular flexibility index (Phi) is 3.36. The molecule has 0 N–H and O–H groups in total. The van der Waals surface area contributed by atoms with Crippen LogP contribution in [0.25, 0.3) is 0 Å². The minimum atomic E-state index is -2.36. The molecule has 0 aromatic carbocycles. The van der Waals surface area contributed by atoms with Gasteiger partial charge in [-0.25, -0.2) is 8.78 Å². The Morgan fingerprint density at radius 1 is 1.40 bits per heavy atom. The van der Waals surface area contributed by atoms with Crippen molar-refractivity contribution in [2.24, 2.45) is 11.8 Å². The van der Waals surface area contributed by atoms with Crippen LogP contribution < -0.4 is 0 Å². The minimum absolute atomic E-state index is 0.106. The molecule has 4 heteroatoms. The van der Waals surface area contributed by atoms with Crippen LogP contribution in [0.15, 0.2) is 0 Å². The van der Waals surface area contributed by atoms with Crippen molar-refractivity contribution in [3.63, 3.8) is 0 Å². The highest BCUT2D eigenvalue weighted by atomic mass is 79.9. The monoisotopic (exact) mass is 281 g/mol. The third kappa shape index (κ3) is 2.52. The maximum Gasteiger partial charge on any atom is 0.248 e. The Bertz CT molecular complexity index is 227. The molecule has 1 saturated heterocycles. The van der Waals surface area contributed by atoms with Gasteiger partial charge in [0.1, 0.15) is 0 Å². The van der Waals surface area contributed by atoms with Crippen molar-refractivity contribution in [2.75, 3.05) is 18.4 Å². The van der Waals surface area contributed by atoms with E-state index in [2.05, 4.69) is 27.8 Å². The van der Waals surface area contributed by atoms with E-state index < -0.39 is 5.92 Å². The van der Waals surface area contributed by atoms with Crippen molar-refractivity contribution in [1.82, 2.24) is 4.90 Å². The number of alkyl halides is 3. The summed E-state index contributed by atoms with van der Waals surface area (Å²) in [6.07, 6.45) is 1.42. The molecule has 0 amide bonds. The van der Waals surface area contributed by atoms with Gasteiger partial charge in [0, 0.05) is 30.8 Å². The average molecular weight is 282 g/mol. The van der Waals surface area contributed by atoms with E-state index in [-0.39, 0.29) is 18.8 Å². The van der Waals surface area contributed by atoms with Crippen LogP contribution in [0.1, 0.15) is 26.2 Å². The standard InChI is InChI=1S/C11H18BrF2N/c1-8-10(6-12)2-3-15(8)7-9-4-11(13,14)5-9/h8-10H,2-7H2,1H3. The number of hydrogen-bond donors (Lipinski definition) is 0. The van der Waals surface area contributed by atoms with Gasteiger partial charge in [0.2, 0.25) is 5.92 Å². The smallest absolute Gasteiger partial charge is 0.248 e. The molecule has 88 valence electrons. The van der Waals surface area contributed by atoms with Gasteiger partial charge in [-0.05, 0) is 31.7 Å². The topological polar surface area (TPSA) is 3.24 Å². The average Bonchev–Trinajstić information content (AvgIpc) is 2.45. The highest BCUT2D eigenvalue weighted by Gasteiger charge is 2.46. The molecule has 1 saturated carbocycles. The maximum atomic E-state index is 12.7. The van der Waals surface area contributed by atoms with Gasteiger partial charge in [0.15, 0.2) is 0 Å². The van der Waals surface area contributed by atoms with Gasteiger partial charge in [-0.1, -0.05) is 15.9 Å². The zero-order chi connectivity index (χ0) is 11.1. The fourth-order valence-electron chi connectivity index (χ4n) is 2.78. The summed E-state index contributed by atoms with van der Waals surface area (Å²) < 4.78 is 25.4. The first kappa shape index (κ1) is 11.8. The van der Waals surface area contributed by atoms with Crippen molar-refractivity contribution in [2.45, 2.75) is 38.2 Å². The molecule has 1 aliphatic carbocycles. The first-order valence-electron chi connectivity index (χ1n) is 5.69. The second kappa shape index (κ2) is 4.28. The molecule has 0 aromatic heterocycles. The molecular formula is C11H18BrF2N. The second-order valence-corrected chi connectivity index (χ2v) is 5.72. The van der Waals surface area contributed by atoms with Crippen molar-refractivity contribution >= 4 is 15.9 Å².